The van der Waals surface area contributed by atoms with E-state index in [0.717, 1.165) is 23.2 Å². The molecule has 0 atom stereocenters. The van der Waals surface area contributed by atoms with E-state index in [-0.39, 0.29) is 0 Å². The van der Waals surface area contributed by atoms with Gasteiger partial charge in [0.1, 0.15) is 5.75 Å². The molecule has 0 aliphatic rings. The maximum atomic E-state index is 5.81. The number of ether oxygens (including phenoxy) is 1. The SMILES string of the molecule is CNCc1ccc(OCCc2ccccc2)c(Br)c1. The second kappa shape index (κ2) is 7.31. The van der Waals surface area contributed by atoms with Crippen LogP contribution in [0.15, 0.2) is 53.0 Å². The molecule has 0 saturated heterocycles. The second-order valence-electron chi connectivity index (χ2n) is 4.38. The highest BCUT2D eigenvalue weighted by molar-refractivity contribution is 9.10. The van der Waals surface area contributed by atoms with Crippen molar-refractivity contribution in [1.29, 1.82) is 0 Å². The van der Waals surface area contributed by atoms with E-state index >= 15 is 0 Å². The first-order chi connectivity index (χ1) is 9.29. The smallest absolute Gasteiger partial charge is 0.133 e. The minimum atomic E-state index is 0.688. The van der Waals surface area contributed by atoms with Gasteiger partial charge in [-0.15, -0.1) is 0 Å². The van der Waals surface area contributed by atoms with Gasteiger partial charge in [0.05, 0.1) is 11.1 Å². The molecule has 2 nitrogen and oxygen atoms in total. The van der Waals surface area contributed by atoms with E-state index in [1.807, 2.05) is 19.2 Å². The Morgan fingerprint density at radius 3 is 2.53 bits per heavy atom. The molecule has 3 heteroatoms. The molecule has 0 bridgehead atoms. The third kappa shape index (κ3) is 4.37. The summed E-state index contributed by atoms with van der Waals surface area (Å²) in [4.78, 5) is 0. The minimum absolute atomic E-state index is 0.688. The number of rotatable bonds is 6. The Morgan fingerprint density at radius 1 is 1.05 bits per heavy atom. The molecule has 100 valence electrons. The van der Waals surface area contributed by atoms with Crippen molar-refractivity contribution in [2.45, 2.75) is 13.0 Å². The van der Waals surface area contributed by atoms with Gasteiger partial charge >= 0.3 is 0 Å². The fraction of sp³-hybridized carbons (Fsp3) is 0.250. The lowest BCUT2D eigenvalue weighted by atomic mass is 10.2. The fourth-order valence-electron chi connectivity index (χ4n) is 1.90. The molecule has 0 aliphatic heterocycles. The fourth-order valence-corrected chi connectivity index (χ4v) is 2.44. The average Bonchev–Trinajstić information content (AvgIpc) is 2.43. The molecule has 0 amide bonds. The Hall–Kier alpha value is -1.32. The molecule has 0 radical (unpaired) electrons. The largest absolute Gasteiger partial charge is 0.492 e. The van der Waals surface area contributed by atoms with Gasteiger partial charge in [-0.3, -0.25) is 0 Å². The van der Waals surface area contributed by atoms with Crippen LogP contribution in [0.1, 0.15) is 11.1 Å². The van der Waals surface area contributed by atoms with Crippen LogP contribution < -0.4 is 10.1 Å². The van der Waals surface area contributed by atoms with Gasteiger partial charge in [0.2, 0.25) is 0 Å². The number of hydrogen-bond donors (Lipinski definition) is 1. The molecule has 0 saturated carbocycles. The van der Waals surface area contributed by atoms with Crippen LogP contribution in [-0.4, -0.2) is 13.7 Å². The summed E-state index contributed by atoms with van der Waals surface area (Å²) < 4.78 is 6.81. The van der Waals surface area contributed by atoms with Crippen LogP contribution in [0.3, 0.4) is 0 Å². The molecule has 2 aromatic rings. The van der Waals surface area contributed by atoms with Crippen molar-refractivity contribution < 1.29 is 4.74 Å². The molecule has 2 aromatic carbocycles. The summed E-state index contributed by atoms with van der Waals surface area (Å²) in [5.74, 6) is 0.899. The Kier molecular flexibility index (Phi) is 5.43. The Balaban J connectivity index is 1.89. The van der Waals surface area contributed by atoms with E-state index in [0.29, 0.717) is 6.61 Å². The summed E-state index contributed by atoms with van der Waals surface area (Å²) in [6.45, 7) is 1.55. The van der Waals surface area contributed by atoms with Crippen LogP contribution in [-0.2, 0) is 13.0 Å². The maximum Gasteiger partial charge on any atom is 0.133 e. The zero-order chi connectivity index (χ0) is 13.5. The normalized spacial score (nSPS) is 10.4. The highest BCUT2D eigenvalue weighted by Crippen LogP contribution is 2.26. The van der Waals surface area contributed by atoms with Crippen LogP contribution in [0.5, 0.6) is 5.75 Å². The number of halogens is 1. The van der Waals surface area contributed by atoms with E-state index in [1.54, 1.807) is 0 Å². The lowest BCUT2D eigenvalue weighted by Crippen LogP contribution is -2.05. The van der Waals surface area contributed by atoms with Crippen molar-refractivity contribution in [3.05, 3.63) is 64.1 Å². The summed E-state index contributed by atoms with van der Waals surface area (Å²) in [7, 11) is 1.94. The Bertz CT molecular complexity index is 513. The second-order valence-corrected chi connectivity index (χ2v) is 5.23. The van der Waals surface area contributed by atoms with Gasteiger partial charge in [-0.25, -0.2) is 0 Å². The van der Waals surface area contributed by atoms with E-state index < -0.39 is 0 Å². The molecule has 0 fully saturated rings. The van der Waals surface area contributed by atoms with Crippen molar-refractivity contribution in [3.8, 4) is 5.75 Å². The van der Waals surface area contributed by atoms with Gasteiger partial charge in [0, 0.05) is 13.0 Å². The first-order valence-electron chi connectivity index (χ1n) is 6.39. The van der Waals surface area contributed by atoms with Crippen LogP contribution >= 0.6 is 15.9 Å². The van der Waals surface area contributed by atoms with Crippen LogP contribution in [0.25, 0.3) is 0 Å². The molecule has 1 N–H and O–H groups in total. The summed E-state index contributed by atoms with van der Waals surface area (Å²) in [6.07, 6.45) is 0.922. The molecule has 0 aliphatic carbocycles. The van der Waals surface area contributed by atoms with Gasteiger partial charge in [-0.2, -0.15) is 0 Å². The van der Waals surface area contributed by atoms with E-state index in [2.05, 4.69) is 57.6 Å². The predicted octanol–water partition coefficient (Wildman–Crippen LogP) is 3.79. The number of nitrogens with one attached hydrogen (secondary N) is 1. The predicted molar refractivity (Wildman–Crippen MR) is 82.5 cm³/mol. The Labute approximate surface area is 122 Å². The van der Waals surface area contributed by atoms with Crippen molar-refractivity contribution >= 4 is 15.9 Å². The molecule has 2 rings (SSSR count). The average molecular weight is 320 g/mol. The number of benzene rings is 2. The molecular formula is C16H18BrNO. The molecule has 0 spiro atoms. The molecule has 19 heavy (non-hydrogen) atoms. The molecule has 0 aromatic heterocycles. The van der Waals surface area contributed by atoms with E-state index in [9.17, 15) is 0 Å². The van der Waals surface area contributed by atoms with Gasteiger partial charge in [-0.1, -0.05) is 36.4 Å². The zero-order valence-electron chi connectivity index (χ0n) is 11.0. The first-order valence-corrected chi connectivity index (χ1v) is 7.18. The highest BCUT2D eigenvalue weighted by Gasteiger charge is 2.02. The van der Waals surface area contributed by atoms with Gasteiger partial charge in [-0.05, 0) is 46.2 Å². The lowest BCUT2D eigenvalue weighted by molar-refractivity contribution is 0.320. The highest BCUT2D eigenvalue weighted by atomic mass is 79.9. The lowest BCUT2D eigenvalue weighted by Gasteiger charge is -2.10. The van der Waals surface area contributed by atoms with Gasteiger partial charge in [0.25, 0.3) is 0 Å². The zero-order valence-corrected chi connectivity index (χ0v) is 12.6. The quantitative estimate of drug-likeness (QED) is 0.874. The first kappa shape index (κ1) is 14.1. The summed E-state index contributed by atoms with van der Waals surface area (Å²) in [5, 5.41) is 3.13. The molecule has 0 unspecified atom stereocenters. The third-order valence-electron chi connectivity index (χ3n) is 2.87. The summed E-state index contributed by atoms with van der Waals surface area (Å²) in [6, 6.07) is 16.6. The van der Waals surface area contributed by atoms with Crippen LogP contribution in [0, 0.1) is 0 Å². The van der Waals surface area contributed by atoms with Crippen LogP contribution in [0.2, 0.25) is 0 Å². The number of hydrogen-bond acceptors (Lipinski definition) is 2. The van der Waals surface area contributed by atoms with Crippen molar-refractivity contribution in [3.63, 3.8) is 0 Å². The van der Waals surface area contributed by atoms with Crippen molar-refractivity contribution in [2.24, 2.45) is 0 Å². The maximum absolute atomic E-state index is 5.81. The topological polar surface area (TPSA) is 21.3 Å². The van der Waals surface area contributed by atoms with Crippen molar-refractivity contribution in [1.82, 2.24) is 5.32 Å². The van der Waals surface area contributed by atoms with E-state index in [1.165, 1.54) is 11.1 Å². The molecule has 0 heterocycles. The summed E-state index contributed by atoms with van der Waals surface area (Å²) in [5.41, 5.74) is 2.54. The van der Waals surface area contributed by atoms with Crippen molar-refractivity contribution in [2.75, 3.05) is 13.7 Å². The standard InChI is InChI=1S/C16H18BrNO/c1-18-12-14-7-8-16(15(17)11-14)19-10-9-13-5-3-2-4-6-13/h2-8,11,18H,9-10,12H2,1H3. The van der Waals surface area contributed by atoms with Crippen LogP contribution in [0.4, 0.5) is 0 Å². The van der Waals surface area contributed by atoms with E-state index in [4.69, 9.17) is 4.74 Å². The third-order valence-corrected chi connectivity index (χ3v) is 3.49. The summed E-state index contributed by atoms with van der Waals surface area (Å²) >= 11 is 3.55. The monoisotopic (exact) mass is 319 g/mol. The Morgan fingerprint density at radius 2 is 1.84 bits per heavy atom. The minimum Gasteiger partial charge on any atom is -0.492 e. The van der Waals surface area contributed by atoms with Gasteiger partial charge < -0.3 is 10.1 Å². The van der Waals surface area contributed by atoms with Gasteiger partial charge in [0.15, 0.2) is 0 Å². The molecular weight excluding hydrogens is 302 g/mol.